The van der Waals surface area contributed by atoms with Crippen LogP contribution in [0.15, 0.2) is 18.2 Å². The van der Waals surface area contributed by atoms with Gasteiger partial charge in [0.1, 0.15) is 0 Å². The molecule has 1 aliphatic carbocycles. The Morgan fingerprint density at radius 2 is 2.06 bits per heavy atom. The van der Waals surface area contributed by atoms with E-state index in [4.69, 9.17) is 22.3 Å². The Labute approximate surface area is 112 Å². The van der Waals surface area contributed by atoms with Crippen molar-refractivity contribution in [1.29, 1.82) is 0 Å². The fraction of sp³-hybridized carbons (Fsp3) is 0.400. The molecule has 0 saturated heterocycles. The first-order valence-corrected chi connectivity index (χ1v) is 6.75. The molecule has 1 aliphatic rings. The largest absolute Gasteiger partial charge is 0.322 e. The van der Waals surface area contributed by atoms with Gasteiger partial charge in [-0.1, -0.05) is 23.7 Å². The summed E-state index contributed by atoms with van der Waals surface area (Å²) in [5.41, 5.74) is 10.7. The maximum absolute atomic E-state index is 6.38. The highest BCUT2D eigenvalue weighted by atomic mass is 35.5. The van der Waals surface area contributed by atoms with Gasteiger partial charge >= 0.3 is 0 Å². The van der Waals surface area contributed by atoms with Crippen LogP contribution in [-0.4, -0.2) is 4.98 Å². The van der Waals surface area contributed by atoms with Crippen molar-refractivity contribution in [3.63, 3.8) is 0 Å². The van der Waals surface area contributed by atoms with Gasteiger partial charge in [-0.25, -0.2) is 0 Å². The molecule has 0 aliphatic heterocycles. The van der Waals surface area contributed by atoms with Gasteiger partial charge in [0.25, 0.3) is 0 Å². The number of pyridine rings is 1. The first-order valence-electron chi connectivity index (χ1n) is 6.38. The van der Waals surface area contributed by atoms with E-state index in [-0.39, 0.29) is 5.54 Å². The zero-order valence-electron chi connectivity index (χ0n) is 10.8. The van der Waals surface area contributed by atoms with Crippen molar-refractivity contribution in [2.75, 3.05) is 0 Å². The third-order valence-electron chi connectivity index (χ3n) is 3.64. The van der Waals surface area contributed by atoms with E-state index in [0.29, 0.717) is 5.02 Å². The minimum Gasteiger partial charge on any atom is -0.322 e. The molecule has 0 unspecified atom stereocenters. The van der Waals surface area contributed by atoms with Crippen molar-refractivity contribution in [2.45, 2.75) is 38.6 Å². The van der Waals surface area contributed by atoms with Crippen LogP contribution in [0.4, 0.5) is 0 Å². The van der Waals surface area contributed by atoms with E-state index in [0.717, 1.165) is 23.7 Å². The van der Waals surface area contributed by atoms with Crippen molar-refractivity contribution < 1.29 is 0 Å². The molecule has 0 radical (unpaired) electrons. The van der Waals surface area contributed by atoms with Gasteiger partial charge in [0.15, 0.2) is 0 Å². The Morgan fingerprint density at radius 1 is 1.28 bits per heavy atom. The molecule has 0 fully saturated rings. The quantitative estimate of drug-likeness (QED) is 0.851. The van der Waals surface area contributed by atoms with Gasteiger partial charge < -0.3 is 5.73 Å². The molecule has 0 spiro atoms. The number of nitrogens with two attached hydrogens (primary N) is 1. The first-order chi connectivity index (χ1) is 8.48. The van der Waals surface area contributed by atoms with Crippen LogP contribution in [0.1, 0.15) is 37.1 Å². The number of benzene rings is 1. The van der Waals surface area contributed by atoms with Crippen LogP contribution >= 0.6 is 11.6 Å². The predicted molar refractivity (Wildman–Crippen MR) is 76.0 cm³/mol. The predicted octanol–water partition coefficient (Wildman–Crippen LogP) is 3.57. The van der Waals surface area contributed by atoms with Crippen LogP contribution < -0.4 is 5.73 Å². The molecule has 3 heteroatoms. The second-order valence-corrected chi connectivity index (χ2v) is 6.03. The van der Waals surface area contributed by atoms with E-state index >= 15 is 0 Å². The Kier molecular flexibility index (Phi) is 2.61. The van der Waals surface area contributed by atoms with Gasteiger partial charge in [-0.3, -0.25) is 4.98 Å². The summed E-state index contributed by atoms with van der Waals surface area (Å²) in [5.74, 6) is 0. The summed E-state index contributed by atoms with van der Waals surface area (Å²) in [5, 5.41) is 1.82. The second-order valence-electron chi connectivity index (χ2n) is 5.62. The second kappa shape index (κ2) is 3.94. The molecular formula is C15H17ClN2. The summed E-state index contributed by atoms with van der Waals surface area (Å²) in [7, 11) is 0. The monoisotopic (exact) mass is 260 g/mol. The third-order valence-corrected chi connectivity index (χ3v) is 3.94. The van der Waals surface area contributed by atoms with Gasteiger partial charge in [-0.2, -0.15) is 0 Å². The number of rotatable bonds is 1. The molecule has 1 aromatic carbocycles. The molecule has 0 saturated carbocycles. The molecule has 3 rings (SSSR count). The van der Waals surface area contributed by atoms with Crippen molar-refractivity contribution in [2.24, 2.45) is 5.73 Å². The lowest BCUT2D eigenvalue weighted by Gasteiger charge is -2.25. The zero-order valence-corrected chi connectivity index (χ0v) is 11.5. The smallest absolute Gasteiger partial charge is 0.0895 e. The van der Waals surface area contributed by atoms with Gasteiger partial charge in [-0.05, 0) is 50.3 Å². The number of halogens is 1. The Balaban J connectivity index is 2.47. The number of fused-ring (bicyclic) bond motifs is 2. The maximum atomic E-state index is 6.38. The fourth-order valence-corrected chi connectivity index (χ4v) is 3.20. The minimum absolute atomic E-state index is 0.361. The maximum Gasteiger partial charge on any atom is 0.0895 e. The molecule has 2 nitrogen and oxygen atoms in total. The molecule has 18 heavy (non-hydrogen) atoms. The van der Waals surface area contributed by atoms with Crippen molar-refractivity contribution in [1.82, 2.24) is 4.98 Å². The fourth-order valence-electron chi connectivity index (χ4n) is 2.98. The zero-order chi connectivity index (χ0) is 12.9. The normalized spacial score (nSPS) is 15.1. The molecular weight excluding hydrogens is 244 g/mol. The summed E-state index contributed by atoms with van der Waals surface area (Å²) in [6.45, 7) is 4.11. The number of nitrogens with zero attached hydrogens (tertiary/aromatic N) is 1. The lowest BCUT2D eigenvalue weighted by molar-refractivity contribution is 0.553. The van der Waals surface area contributed by atoms with E-state index in [1.165, 1.54) is 23.2 Å². The summed E-state index contributed by atoms with van der Waals surface area (Å²) in [6.07, 6.45) is 3.29. The topological polar surface area (TPSA) is 38.9 Å². The molecule has 0 amide bonds. The highest BCUT2D eigenvalue weighted by Gasteiger charge is 2.27. The van der Waals surface area contributed by atoms with Crippen LogP contribution in [0.3, 0.4) is 0 Å². The third kappa shape index (κ3) is 1.72. The van der Waals surface area contributed by atoms with Gasteiger partial charge in [0.05, 0.1) is 10.5 Å². The van der Waals surface area contributed by atoms with E-state index in [1.54, 1.807) is 0 Å². The van der Waals surface area contributed by atoms with Crippen LogP contribution in [0.5, 0.6) is 0 Å². The van der Waals surface area contributed by atoms with E-state index in [9.17, 15) is 0 Å². The lowest BCUT2D eigenvalue weighted by atomic mass is 9.87. The first kappa shape index (κ1) is 11.9. The van der Waals surface area contributed by atoms with E-state index < -0.39 is 0 Å². The Hall–Kier alpha value is -1.12. The summed E-state index contributed by atoms with van der Waals surface area (Å²) >= 11 is 6.28. The van der Waals surface area contributed by atoms with Crippen molar-refractivity contribution in [3.8, 4) is 0 Å². The molecule has 2 aromatic rings. The number of hydrogen-bond donors (Lipinski definition) is 1. The average molecular weight is 261 g/mol. The van der Waals surface area contributed by atoms with Gasteiger partial charge in [0.2, 0.25) is 0 Å². The summed E-state index contributed by atoms with van der Waals surface area (Å²) in [4.78, 5) is 4.74. The average Bonchev–Trinajstić information content (AvgIpc) is 2.72. The summed E-state index contributed by atoms with van der Waals surface area (Å²) in [6, 6.07) is 5.95. The molecule has 2 N–H and O–H groups in total. The lowest BCUT2D eigenvalue weighted by Crippen LogP contribution is -2.30. The number of aryl methyl sites for hydroxylation is 1. The molecule has 94 valence electrons. The van der Waals surface area contributed by atoms with Crippen LogP contribution in [-0.2, 0) is 18.4 Å². The molecule has 0 atom stereocenters. The standard InChI is InChI=1S/C15H17ClN2/c1-15(2,17)13-9-5-4-8-12(9)18-14-10(13)6-3-7-11(14)16/h3,6-7H,4-5,8,17H2,1-2H3. The van der Waals surface area contributed by atoms with Crippen LogP contribution in [0, 0.1) is 0 Å². The molecule has 0 bridgehead atoms. The van der Waals surface area contributed by atoms with Crippen molar-refractivity contribution >= 4 is 22.5 Å². The number of para-hydroxylation sites is 1. The Morgan fingerprint density at radius 3 is 2.78 bits per heavy atom. The van der Waals surface area contributed by atoms with Gasteiger partial charge in [0, 0.05) is 16.6 Å². The number of hydrogen-bond acceptors (Lipinski definition) is 2. The highest BCUT2D eigenvalue weighted by molar-refractivity contribution is 6.35. The Bertz CT molecular complexity index is 626. The van der Waals surface area contributed by atoms with Crippen LogP contribution in [0.2, 0.25) is 5.02 Å². The molecule has 1 heterocycles. The van der Waals surface area contributed by atoms with E-state index in [2.05, 4.69) is 19.9 Å². The summed E-state index contributed by atoms with van der Waals surface area (Å²) < 4.78 is 0. The highest BCUT2D eigenvalue weighted by Crippen LogP contribution is 2.37. The minimum atomic E-state index is -0.361. The van der Waals surface area contributed by atoms with E-state index in [1.807, 2.05) is 12.1 Å². The number of aromatic nitrogens is 1. The SMILES string of the molecule is CC(C)(N)c1c2c(nc3c(Cl)cccc13)CCC2. The van der Waals surface area contributed by atoms with Crippen LogP contribution in [0.25, 0.3) is 10.9 Å². The van der Waals surface area contributed by atoms with Gasteiger partial charge in [-0.15, -0.1) is 0 Å². The molecule has 1 aromatic heterocycles. The van der Waals surface area contributed by atoms with Crippen molar-refractivity contribution in [3.05, 3.63) is 40.0 Å².